The van der Waals surface area contributed by atoms with Crippen LogP contribution in [0, 0.1) is 18.6 Å². The topological polar surface area (TPSA) is 80.3 Å². The molecule has 0 aromatic heterocycles. The fourth-order valence-electron chi connectivity index (χ4n) is 4.99. The van der Waals surface area contributed by atoms with Crippen molar-refractivity contribution in [2.24, 2.45) is 0 Å². The first-order valence-corrected chi connectivity index (χ1v) is 14.9. The molecule has 0 saturated carbocycles. The van der Waals surface area contributed by atoms with Gasteiger partial charge in [0.05, 0.1) is 17.7 Å². The Kier molecular flexibility index (Phi) is 9.04. The van der Waals surface area contributed by atoms with Gasteiger partial charge in [-0.15, -0.1) is 0 Å². The minimum absolute atomic E-state index is 0.103. The van der Waals surface area contributed by atoms with E-state index < -0.39 is 59.7 Å². The molecule has 0 amide bonds. The number of benzene rings is 4. The summed E-state index contributed by atoms with van der Waals surface area (Å²) in [5.74, 6) is -2.54. The number of rotatable bonds is 7. The smallest absolute Gasteiger partial charge is 0.338 e. The summed E-state index contributed by atoms with van der Waals surface area (Å²) in [6, 6.07) is 26.8. The van der Waals surface area contributed by atoms with Gasteiger partial charge in [0.15, 0.2) is 18.5 Å². The van der Waals surface area contributed by atoms with E-state index in [9.17, 15) is 18.4 Å². The van der Waals surface area contributed by atoms with Crippen molar-refractivity contribution < 1.29 is 42.1 Å². The van der Waals surface area contributed by atoms with E-state index in [-0.39, 0.29) is 17.7 Å². The van der Waals surface area contributed by atoms with Crippen molar-refractivity contribution in [3.63, 3.8) is 0 Å². The van der Waals surface area contributed by atoms with Crippen molar-refractivity contribution in [3.05, 3.63) is 137 Å². The number of carbonyl (C=O) groups excluding carboxylic acids is 2. The Hall–Kier alpha value is -4.09. The lowest BCUT2D eigenvalue weighted by Crippen LogP contribution is -2.63. The number of aryl methyl sites for hydroxylation is 1. The zero-order valence-corrected chi connectivity index (χ0v) is 24.3. The van der Waals surface area contributed by atoms with Gasteiger partial charge in [-0.1, -0.05) is 59.8 Å². The third kappa shape index (κ3) is 6.84. The molecule has 2 aliphatic rings. The SMILES string of the molecule is Cc1ccc(S[C@@H]2O[C@@H]3CO[C@@H](c4ccccc4)O[C@H]3[C@H](OC(=O)c3ccc(F)cc3)[C@H]2OC(=O)c2ccc(F)cc2)cc1. The minimum Gasteiger partial charge on any atom is -0.452 e. The van der Waals surface area contributed by atoms with Gasteiger partial charge in [-0.2, -0.15) is 0 Å². The molecule has 2 fully saturated rings. The number of ether oxygens (including phenoxy) is 5. The average molecular weight is 619 g/mol. The van der Waals surface area contributed by atoms with Gasteiger partial charge in [0.2, 0.25) is 0 Å². The Balaban J connectivity index is 1.36. The Labute approximate surface area is 257 Å². The van der Waals surface area contributed by atoms with Crippen LogP contribution in [0.1, 0.15) is 38.1 Å². The number of thioether (sulfide) groups is 1. The van der Waals surface area contributed by atoms with Gasteiger partial charge in [-0.25, -0.2) is 18.4 Å². The molecule has 4 aromatic rings. The molecule has 2 heterocycles. The van der Waals surface area contributed by atoms with Crippen molar-refractivity contribution in [3.8, 4) is 0 Å². The number of halogens is 2. The third-order valence-corrected chi connectivity index (χ3v) is 8.43. The summed E-state index contributed by atoms with van der Waals surface area (Å²) in [6.45, 7) is 2.08. The Bertz CT molecular complexity index is 1580. The van der Waals surface area contributed by atoms with Crippen LogP contribution in [0.25, 0.3) is 0 Å². The van der Waals surface area contributed by atoms with Crippen LogP contribution in [0.15, 0.2) is 108 Å². The van der Waals surface area contributed by atoms with Crippen LogP contribution in [0.5, 0.6) is 0 Å². The maximum Gasteiger partial charge on any atom is 0.338 e. The van der Waals surface area contributed by atoms with Gasteiger partial charge >= 0.3 is 11.9 Å². The summed E-state index contributed by atoms with van der Waals surface area (Å²) < 4.78 is 58.1. The van der Waals surface area contributed by atoms with Crippen molar-refractivity contribution >= 4 is 23.7 Å². The van der Waals surface area contributed by atoms with Crippen molar-refractivity contribution in [2.45, 2.75) is 48.0 Å². The van der Waals surface area contributed by atoms with Crippen molar-refractivity contribution in [1.82, 2.24) is 0 Å². The van der Waals surface area contributed by atoms with Crippen LogP contribution in [-0.4, -0.2) is 48.4 Å². The first-order chi connectivity index (χ1) is 21.3. The second-order valence-electron chi connectivity index (χ2n) is 10.4. The summed E-state index contributed by atoms with van der Waals surface area (Å²) >= 11 is 1.29. The maximum absolute atomic E-state index is 13.6. The molecule has 0 spiro atoms. The number of carbonyl (C=O) groups is 2. The van der Waals surface area contributed by atoms with Gasteiger partial charge < -0.3 is 23.7 Å². The van der Waals surface area contributed by atoms with E-state index in [0.717, 1.165) is 40.3 Å². The monoisotopic (exact) mass is 618 g/mol. The fraction of sp³-hybridized carbons (Fsp3) is 0.235. The number of esters is 2. The largest absolute Gasteiger partial charge is 0.452 e. The lowest BCUT2D eigenvalue weighted by Gasteiger charge is -2.48. The highest BCUT2D eigenvalue weighted by atomic mass is 32.2. The highest BCUT2D eigenvalue weighted by Crippen LogP contribution is 2.41. The molecule has 4 aromatic carbocycles. The summed E-state index contributed by atoms with van der Waals surface area (Å²) in [4.78, 5) is 27.6. The molecule has 6 atom stereocenters. The standard InChI is InChI=1S/C34H28F2O7S/c1-20-7-17-26(18-8-20)44-34-30(42-32(38)22-11-15-25(36)16-12-22)29(41-31(37)21-9-13-24(35)14-10-21)28-27(40-34)19-39-33(43-28)23-5-3-2-4-6-23/h2-18,27-30,33-34H,19H2,1H3/t27-,28-,29+,30-,33-,34+/m1/s1. The second kappa shape index (κ2) is 13.3. The fourth-order valence-corrected chi connectivity index (χ4v) is 6.09. The summed E-state index contributed by atoms with van der Waals surface area (Å²) in [7, 11) is 0. The number of hydrogen-bond donors (Lipinski definition) is 0. The zero-order valence-electron chi connectivity index (χ0n) is 23.5. The zero-order chi connectivity index (χ0) is 30.6. The van der Waals surface area contributed by atoms with Crippen LogP contribution in [0.3, 0.4) is 0 Å². The molecule has 44 heavy (non-hydrogen) atoms. The lowest BCUT2D eigenvalue weighted by molar-refractivity contribution is -0.317. The van der Waals surface area contributed by atoms with Gasteiger partial charge in [0.25, 0.3) is 0 Å². The second-order valence-corrected chi connectivity index (χ2v) is 11.6. The molecule has 2 aliphatic heterocycles. The summed E-state index contributed by atoms with van der Waals surface area (Å²) in [5, 5.41) is 0. The summed E-state index contributed by atoms with van der Waals surface area (Å²) in [6.07, 6.45) is -4.72. The Morgan fingerprint density at radius 2 is 1.30 bits per heavy atom. The van der Waals surface area contributed by atoms with E-state index in [4.69, 9.17) is 23.7 Å². The molecule has 0 unspecified atom stereocenters. The van der Waals surface area contributed by atoms with Crippen LogP contribution in [-0.2, 0) is 23.7 Å². The van der Waals surface area contributed by atoms with E-state index in [1.54, 1.807) is 0 Å². The Morgan fingerprint density at radius 3 is 1.89 bits per heavy atom. The van der Waals surface area contributed by atoms with Gasteiger partial charge in [0, 0.05) is 10.5 Å². The van der Waals surface area contributed by atoms with E-state index in [1.807, 2.05) is 61.5 Å². The van der Waals surface area contributed by atoms with Gasteiger partial charge in [-0.3, -0.25) is 0 Å². The highest BCUT2D eigenvalue weighted by Gasteiger charge is 2.54. The van der Waals surface area contributed by atoms with Crippen LogP contribution >= 0.6 is 11.8 Å². The van der Waals surface area contributed by atoms with Crippen molar-refractivity contribution in [2.75, 3.05) is 6.61 Å². The van der Waals surface area contributed by atoms with Crippen LogP contribution in [0.2, 0.25) is 0 Å². The molecule has 0 radical (unpaired) electrons. The quantitative estimate of drug-likeness (QED) is 0.213. The molecule has 2 saturated heterocycles. The molecule has 0 aliphatic carbocycles. The lowest BCUT2D eigenvalue weighted by atomic mass is 9.98. The molecule has 10 heteroatoms. The average Bonchev–Trinajstić information content (AvgIpc) is 3.04. The van der Waals surface area contributed by atoms with E-state index in [0.29, 0.717) is 0 Å². The van der Waals surface area contributed by atoms with Crippen LogP contribution in [0.4, 0.5) is 8.78 Å². The summed E-state index contributed by atoms with van der Waals surface area (Å²) in [5.41, 5.74) is 1.16. The predicted octanol–water partition coefficient (Wildman–Crippen LogP) is 6.66. The minimum atomic E-state index is -1.17. The van der Waals surface area contributed by atoms with Crippen molar-refractivity contribution in [1.29, 1.82) is 0 Å². The van der Waals surface area contributed by atoms with E-state index in [2.05, 4.69) is 0 Å². The molecular weight excluding hydrogens is 590 g/mol. The number of hydrogen-bond acceptors (Lipinski definition) is 8. The normalized spacial score (nSPS) is 24.6. The molecule has 226 valence electrons. The number of fused-ring (bicyclic) bond motifs is 1. The van der Waals surface area contributed by atoms with Gasteiger partial charge in [-0.05, 0) is 67.6 Å². The molecular formula is C34H28F2O7S. The molecule has 6 rings (SSSR count). The van der Waals surface area contributed by atoms with E-state index in [1.165, 1.54) is 36.0 Å². The highest BCUT2D eigenvalue weighted by molar-refractivity contribution is 7.99. The molecule has 0 N–H and O–H groups in total. The predicted molar refractivity (Wildman–Crippen MR) is 157 cm³/mol. The Morgan fingerprint density at radius 1 is 0.727 bits per heavy atom. The van der Waals surface area contributed by atoms with Crippen LogP contribution < -0.4 is 0 Å². The first kappa shape index (κ1) is 30.0. The molecule has 0 bridgehead atoms. The van der Waals surface area contributed by atoms with E-state index >= 15 is 0 Å². The first-order valence-electron chi connectivity index (χ1n) is 14.0. The molecule has 7 nitrogen and oxygen atoms in total. The third-order valence-electron chi connectivity index (χ3n) is 7.27. The van der Waals surface area contributed by atoms with Gasteiger partial charge in [0.1, 0.15) is 29.3 Å². The maximum atomic E-state index is 13.6.